The fourth-order valence-electron chi connectivity index (χ4n) is 2.56. The molecular formula is C18H14N4OS3. The number of thioether (sulfide) groups is 1. The van der Waals surface area contributed by atoms with E-state index < -0.39 is 0 Å². The molecular weight excluding hydrogens is 384 g/mol. The molecule has 4 rings (SSSR count). The molecule has 0 radical (unpaired) electrons. The van der Waals surface area contributed by atoms with Crippen LogP contribution in [-0.2, 0) is 0 Å². The van der Waals surface area contributed by atoms with Crippen molar-refractivity contribution < 1.29 is 4.79 Å². The van der Waals surface area contributed by atoms with Crippen LogP contribution in [0.15, 0.2) is 46.8 Å². The quantitative estimate of drug-likeness (QED) is 0.383. The summed E-state index contributed by atoms with van der Waals surface area (Å²) in [4.78, 5) is 27.4. The molecule has 0 atom stereocenters. The Morgan fingerprint density at radius 3 is 2.69 bits per heavy atom. The molecule has 0 bridgehead atoms. The molecule has 0 aliphatic carbocycles. The number of anilines is 1. The number of thiophene rings is 1. The van der Waals surface area contributed by atoms with Crippen LogP contribution in [-0.4, -0.2) is 27.1 Å². The first-order valence-electron chi connectivity index (χ1n) is 7.79. The van der Waals surface area contributed by atoms with Crippen molar-refractivity contribution in [1.29, 1.82) is 0 Å². The molecule has 3 aromatic heterocycles. The number of amides is 1. The molecule has 8 heteroatoms. The lowest BCUT2D eigenvalue weighted by Gasteiger charge is -2.10. The van der Waals surface area contributed by atoms with Crippen LogP contribution >= 0.6 is 34.4 Å². The molecule has 1 N–H and O–H groups in total. The van der Waals surface area contributed by atoms with E-state index in [1.165, 1.54) is 23.1 Å². The lowest BCUT2D eigenvalue weighted by molar-refractivity contribution is 0.102. The molecule has 0 aliphatic heterocycles. The first kappa shape index (κ1) is 17.1. The minimum atomic E-state index is -0.233. The van der Waals surface area contributed by atoms with Gasteiger partial charge in [0, 0.05) is 0 Å². The number of hydrogen-bond donors (Lipinski definition) is 1. The summed E-state index contributed by atoms with van der Waals surface area (Å²) in [7, 11) is 0. The van der Waals surface area contributed by atoms with Crippen LogP contribution in [0.1, 0.15) is 16.1 Å². The standard InChI is InChI=1S/C18H14N4OS3/c1-10-14(17(24-2)21-15(19-10)13-8-5-9-25-13)16(23)22-18-20-11-6-3-4-7-12(11)26-18/h3-9H,1-2H3,(H,20,22,23). The molecule has 0 spiro atoms. The predicted molar refractivity (Wildman–Crippen MR) is 109 cm³/mol. The van der Waals surface area contributed by atoms with Gasteiger partial charge in [-0.05, 0) is 36.8 Å². The van der Waals surface area contributed by atoms with Crippen LogP contribution in [0, 0.1) is 6.92 Å². The maximum Gasteiger partial charge on any atom is 0.262 e. The highest BCUT2D eigenvalue weighted by molar-refractivity contribution is 7.98. The van der Waals surface area contributed by atoms with Gasteiger partial charge in [0.25, 0.3) is 5.91 Å². The third-order valence-corrected chi connectivity index (χ3v) is 6.23. The average Bonchev–Trinajstić information content (AvgIpc) is 3.29. The Morgan fingerprint density at radius 2 is 1.96 bits per heavy atom. The molecule has 0 saturated carbocycles. The van der Waals surface area contributed by atoms with Gasteiger partial charge in [-0.15, -0.1) is 23.1 Å². The summed E-state index contributed by atoms with van der Waals surface area (Å²) in [5.41, 5.74) is 2.03. The van der Waals surface area contributed by atoms with Gasteiger partial charge in [-0.25, -0.2) is 15.0 Å². The molecule has 0 aliphatic rings. The van der Waals surface area contributed by atoms with Gasteiger partial charge in [-0.3, -0.25) is 10.1 Å². The van der Waals surface area contributed by atoms with Gasteiger partial charge < -0.3 is 0 Å². The second-order valence-corrected chi connectivity index (χ2v) is 8.21. The number of aromatic nitrogens is 3. The van der Waals surface area contributed by atoms with E-state index in [9.17, 15) is 4.79 Å². The van der Waals surface area contributed by atoms with Crippen molar-refractivity contribution in [3.63, 3.8) is 0 Å². The summed E-state index contributed by atoms with van der Waals surface area (Å²) < 4.78 is 1.04. The predicted octanol–water partition coefficient (Wildman–Crippen LogP) is 5.10. The second kappa shape index (κ2) is 7.14. The van der Waals surface area contributed by atoms with Crippen molar-refractivity contribution in [2.75, 3.05) is 11.6 Å². The highest BCUT2D eigenvalue weighted by Gasteiger charge is 2.20. The van der Waals surface area contributed by atoms with Gasteiger partial charge in [-0.2, -0.15) is 0 Å². The zero-order chi connectivity index (χ0) is 18.1. The zero-order valence-electron chi connectivity index (χ0n) is 14.0. The largest absolute Gasteiger partial charge is 0.298 e. The fraction of sp³-hybridized carbons (Fsp3) is 0.111. The number of rotatable bonds is 4. The van der Waals surface area contributed by atoms with Gasteiger partial charge >= 0.3 is 0 Å². The number of para-hydroxylation sites is 1. The Kier molecular flexibility index (Phi) is 4.71. The summed E-state index contributed by atoms with van der Waals surface area (Å²) in [5.74, 6) is 0.419. The summed E-state index contributed by atoms with van der Waals surface area (Å²) in [5, 5.41) is 6.12. The van der Waals surface area contributed by atoms with E-state index in [0.717, 1.165) is 15.1 Å². The number of carbonyl (C=O) groups is 1. The van der Waals surface area contributed by atoms with E-state index in [4.69, 9.17) is 0 Å². The molecule has 5 nitrogen and oxygen atoms in total. The number of nitrogens with zero attached hydrogens (tertiary/aromatic N) is 3. The number of hydrogen-bond acceptors (Lipinski definition) is 7. The van der Waals surface area contributed by atoms with Crippen molar-refractivity contribution in [3.8, 4) is 10.7 Å². The van der Waals surface area contributed by atoms with Crippen LogP contribution < -0.4 is 5.32 Å². The topological polar surface area (TPSA) is 67.8 Å². The summed E-state index contributed by atoms with van der Waals surface area (Å²) in [6.07, 6.45) is 1.91. The number of fused-ring (bicyclic) bond motifs is 1. The molecule has 130 valence electrons. The third kappa shape index (κ3) is 3.23. The highest BCUT2D eigenvalue weighted by atomic mass is 32.2. The maximum absolute atomic E-state index is 12.9. The van der Waals surface area contributed by atoms with E-state index in [1.54, 1.807) is 11.3 Å². The molecule has 0 saturated heterocycles. The second-order valence-electron chi connectivity index (χ2n) is 5.44. The van der Waals surface area contributed by atoms with Crippen molar-refractivity contribution in [2.24, 2.45) is 0 Å². The third-order valence-electron chi connectivity index (χ3n) is 3.73. The van der Waals surface area contributed by atoms with Crippen molar-refractivity contribution in [1.82, 2.24) is 15.0 Å². The lowest BCUT2D eigenvalue weighted by atomic mass is 10.2. The van der Waals surface area contributed by atoms with Gasteiger partial charge in [0.2, 0.25) is 0 Å². The van der Waals surface area contributed by atoms with E-state index in [2.05, 4.69) is 20.3 Å². The molecule has 0 unspecified atom stereocenters. The molecule has 1 amide bonds. The molecule has 4 aromatic rings. The fourth-order valence-corrected chi connectivity index (χ4v) is 4.70. The Bertz CT molecular complexity index is 1060. The molecule has 3 heterocycles. The Labute approximate surface area is 162 Å². The Hall–Kier alpha value is -2.29. The van der Waals surface area contributed by atoms with E-state index in [1.807, 2.05) is 55.0 Å². The van der Waals surface area contributed by atoms with Crippen LogP contribution in [0.4, 0.5) is 5.13 Å². The van der Waals surface area contributed by atoms with E-state index in [-0.39, 0.29) is 5.91 Å². The smallest absolute Gasteiger partial charge is 0.262 e. The van der Waals surface area contributed by atoms with E-state index in [0.29, 0.717) is 27.2 Å². The van der Waals surface area contributed by atoms with E-state index >= 15 is 0 Å². The Balaban J connectivity index is 1.68. The lowest BCUT2D eigenvalue weighted by Crippen LogP contribution is -2.16. The monoisotopic (exact) mass is 398 g/mol. The number of aryl methyl sites for hydroxylation is 1. The van der Waals surface area contributed by atoms with Gasteiger partial charge in [0.1, 0.15) is 5.03 Å². The number of nitrogens with one attached hydrogen (secondary N) is 1. The molecule has 0 fully saturated rings. The molecule has 26 heavy (non-hydrogen) atoms. The number of thiazole rings is 1. The summed E-state index contributed by atoms with van der Waals surface area (Å²) >= 11 is 4.47. The minimum Gasteiger partial charge on any atom is -0.298 e. The minimum absolute atomic E-state index is 0.233. The molecule has 1 aromatic carbocycles. The zero-order valence-corrected chi connectivity index (χ0v) is 16.5. The van der Waals surface area contributed by atoms with Crippen LogP contribution in [0.25, 0.3) is 20.9 Å². The SMILES string of the molecule is CSc1nc(-c2cccs2)nc(C)c1C(=O)Nc1nc2ccccc2s1. The first-order chi connectivity index (χ1) is 12.7. The van der Waals surface area contributed by atoms with Crippen molar-refractivity contribution in [3.05, 3.63) is 53.0 Å². The van der Waals surface area contributed by atoms with Crippen LogP contribution in [0.3, 0.4) is 0 Å². The first-order valence-corrected chi connectivity index (χ1v) is 10.7. The van der Waals surface area contributed by atoms with Gasteiger partial charge in [-0.1, -0.05) is 29.5 Å². The van der Waals surface area contributed by atoms with Crippen LogP contribution in [0.2, 0.25) is 0 Å². The van der Waals surface area contributed by atoms with Gasteiger partial charge in [0.05, 0.1) is 26.4 Å². The number of benzene rings is 1. The maximum atomic E-state index is 12.9. The number of carbonyl (C=O) groups excluding carboxylic acids is 1. The van der Waals surface area contributed by atoms with Gasteiger partial charge in [0.15, 0.2) is 11.0 Å². The normalized spacial score (nSPS) is 11.0. The highest BCUT2D eigenvalue weighted by Crippen LogP contribution is 2.29. The van der Waals surface area contributed by atoms with Crippen molar-refractivity contribution in [2.45, 2.75) is 11.9 Å². The Morgan fingerprint density at radius 1 is 1.12 bits per heavy atom. The van der Waals surface area contributed by atoms with Crippen molar-refractivity contribution >= 4 is 55.7 Å². The summed E-state index contributed by atoms with van der Waals surface area (Å²) in [6, 6.07) is 11.7. The summed E-state index contributed by atoms with van der Waals surface area (Å²) in [6.45, 7) is 1.84. The van der Waals surface area contributed by atoms with Crippen LogP contribution in [0.5, 0.6) is 0 Å². The average molecular weight is 399 g/mol.